The van der Waals surface area contributed by atoms with Crippen LogP contribution in [-0.4, -0.2) is 48.0 Å². The van der Waals surface area contributed by atoms with Crippen LogP contribution in [0.15, 0.2) is 39.6 Å². The molecular weight excluding hydrogens is 366 g/mol. The van der Waals surface area contributed by atoms with Gasteiger partial charge in [0.15, 0.2) is 5.17 Å². The molecule has 0 spiro atoms. The quantitative estimate of drug-likeness (QED) is 0.794. The van der Waals surface area contributed by atoms with Gasteiger partial charge in [-0.25, -0.2) is 8.42 Å². The van der Waals surface area contributed by atoms with Gasteiger partial charge in [0.05, 0.1) is 22.7 Å². The van der Waals surface area contributed by atoms with Gasteiger partial charge < -0.3 is 4.90 Å². The molecule has 3 aliphatic heterocycles. The second-order valence-electron chi connectivity index (χ2n) is 7.46. The van der Waals surface area contributed by atoms with Gasteiger partial charge in [-0.1, -0.05) is 36.7 Å². The Morgan fingerprint density at radius 1 is 1.00 bits per heavy atom. The van der Waals surface area contributed by atoms with E-state index in [1.807, 2.05) is 12.1 Å². The van der Waals surface area contributed by atoms with E-state index < -0.39 is 10.0 Å². The molecule has 0 N–H and O–H groups in total. The summed E-state index contributed by atoms with van der Waals surface area (Å²) < 4.78 is 27.0. The third kappa shape index (κ3) is 2.63. The minimum atomic E-state index is -3.34. The van der Waals surface area contributed by atoms with Gasteiger partial charge in [-0.15, -0.1) is 0 Å². The molecule has 26 heavy (non-hydrogen) atoms. The molecular formula is C19H23N3O2S2. The normalized spacial score (nSPS) is 28.7. The van der Waals surface area contributed by atoms with Crippen molar-refractivity contribution in [1.82, 2.24) is 9.21 Å². The summed E-state index contributed by atoms with van der Waals surface area (Å²) in [6.07, 6.45) is 6.84. The molecule has 7 heteroatoms. The fourth-order valence-corrected chi connectivity index (χ4v) is 7.03. The van der Waals surface area contributed by atoms with Crippen LogP contribution >= 0.6 is 11.8 Å². The molecule has 138 valence electrons. The standard InChI is InChI=1S/C19H23N3O2S2/c23-26(24,21-11-3-4-12-21)15-9-7-14(8-10-15)18-13-25-19-20-16-5-1-2-6-17(16)22(18)19/h7-10,13,16-17H,1-6,11-12H2/t16-,17-/m0/s1. The Kier molecular flexibility index (Phi) is 4.14. The van der Waals surface area contributed by atoms with Gasteiger partial charge in [0, 0.05) is 18.5 Å². The lowest BCUT2D eigenvalue weighted by molar-refractivity contribution is 0.305. The second kappa shape index (κ2) is 6.39. The van der Waals surface area contributed by atoms with Crippen LogP contribution in [0.1, 0.15) is 44.1 Å². The van der Waals surface area contributed by atoms with E-state index >= 15 is 0 Å². The second-order valence-corrected chi connectivity index (χ2v) is 10.2. The molecule has 2 atom stereocenters. The van der Waals surface area contributed by atoms with E-state index in [-0.39, 0.29) is 0 Å². The molecule has 0 bridgehead atoms. The van der Waals surface area contributed by atoms with E-state index in [0.717, 1.165) is 23.6 Å². The minimum Gasteiger partial charge on any atom is -0.315 e. The largest absolute Gasteiger partial charge is 0.315 e. The fourth-order valence-electron chi connectivity index (χ4n) is 4.51. The van der Waals surface area contributed by atoms with Crippen LogP contribution in [0.4, 0.5) is 0 Å². The summed E-state index contributed by atoms with van der Waals surface area (Å²) in [5.74, 6) is 0. The van der Waals surface area contributed by atoms with Gasteiger partial charge in [0.1, 0.15) is 0 Å². The van der Waals surface area contributed by atoms with Crippen molar-refractivity contribution < 1.29 is 8.42 Å². The van der Waals surface area contributed by atoms with Crippen molar-refractivity contribution in [3.8, 4) is 0 Å². The number of thioether (sulfide) groups is 1. The van der Waals surface area contributed by atoms with Crippen LogP contribution < -0.4 is 0 Å². The zero-order valence-electron chi connectivity index (χ0n) is 14.7. The molecule has 0 unspecified atom stereocenters. The average molecular weight is 390 g/mol. The first-order chi connectivity index (χ1) is 12.6. The van der Waals surface area contributed by atoms with Crippen LogP contribution in [0.2, 0.25) is 0 Å². The topological polar surface area (TPSA) is 53.0 Å². The maximum atomic E-state index is 12.7. The predicted octanol–water partition coefficient (Wildman–Crippen LogP) is 3.50. The third-order valence-electron chi connectivity index (χ3n) is 5.90. The van der Waals surface area contributed by atoms with Crippen molar-refractivity contribution in [1.29, 1.82) is 0 Å². The molecule has 5 nitrogen and oxygen atoms in total. The molecule has 5 rings (SSSR count). The number of fused-ring (bicyclic) bond motifs is 3. The first kappa shape index (κ1) is 16.8. The van der Waals surface area contributed by atoms with Crippen LogP contribution in [0.3, 0.4) is 0 Å². The van der Waals surface area contributed by atoms with Gasteiger partial charge >= 0.3 is 0 Å². The molecule has 1 aromatic rings. The van der Waals surface area contributed by atoms with Crippen molar-refractivity contribution in [3.05, 3.63) is 35.2 Å². The monoisotopic (exact) mass is 389 g/mol. The van der Waals surface area contributed by atoms with Gasteiger partial charge in [-0.05, 0) is 43.4 Å². The third-order valence-corrected chi connectivity index (χ3v) is 8.66. The lowest BCUT2D eigenvalue weighted by Crippen LogP contribution is -2.38. The SMILES string of the molecule is O=S(=O)(c1ccc(C2=CSC3=N[C@H]4CCCC[C@@H]4N23)cc1)N1CCCC1. The Hall–Kier alpha value is -1.31. The highest BCUT2D eigenvalue weighted by molar-refractivity contribution is 8.16. The van der Waals surface area contributed by atoms with Gasteiger partial charge in [-0.2, -0.15) is 4.31 Å². The Bertz CT molecular complexity index is 871. The molecule has 0 amide bonds. The molecule has 0 radical (unpaired) electrons. The summed E-state index contributed by atoms with van der Waals surface area (Å²) >= 11 is 1.70. The van der Waals surface area contributed by atoms with E-state index in [9.17, 15) is 8.42 Å². The summed E-state index contributed by atoms with van der Waals surface area (Å²) in [5, 5.41) is 3.28. The van der Waals surface area contributed by atoms with E-state index in [4.69, 9.17) is 4.99 Å². The molecule has 4 aliphatic rings. The lowest BCUT2D eigenvalue weighted by atomic mass is 9.90. The number of hydrogen-bond acceptors (Lipinski definition) is 5. The van der Waals surface area contributed by atoms with Crippen LogP contribution in [0.5, 0.6) is 0 Å². The van der Waals surface area contributed by atoms with Crippen LogP contribution in [-0.2, 0) is 10.0 Å². The zero-order chi connectivity index (χ0) is 17.7. The molecule has 2 fully saturated rings. The smallest absolute Gasteiger partial charge is 0.243 e. The number of amidine groups is 1. The average Bonchev–Trinajstić information content (AvgIpc) is 3.38. The van der Waals surface area contributed by atoms with E-state index in [1.165, 1.54) is 31.4 Å². The first-order valence-electron chi connectivity index (χ1n) is 9.49. The fraction of sp³-hybridized carbons (Fsp3) is 0.526. The molecule has 1 aliphatic carbocycles. The van der Waals surface area contributed by atoms with Crippen molar-refractivity contribution in [2.24, 2.45) is 4.99 Å². The summed E-state index contributed by atoms with van der Waals surface area (Å²) in [4.78, 5) is 7.70. The number of rotatable bonds is 3. The minimum absolute atomic E-state index is 0.403. The highest BCUT2D eigenvalue weighted by Gasteiger charge is 2.42. The summed E-state index contributed by atoms with van der Waals surface area (Å²) in [5.41, 5.74) is 2.25. The van der Waals surface area contributed by atoms with Gasteiger partial charge in [-0.3, -0.25) is 4.99 Å². The number of hydrogen-bond donors (Lipinski definition) is 0. The Labute approximate surface area is 159 Å². The number of aliphatic imine (C=N–C) groups is 1. The van der Waals surface area contributed by atoms with Gasteiger partial charge in [0.25, 0.3) is 0 Å². The highest BCUT2D eigenvalue weighted by Crippen LogP contribution is 2.44. The first-order valence-corrected chi connectivity index (χ1v) is 11.8. The van der Waals surface area contributed by atoms with Crippen molar-refractivity contribution in [2.45, 2.75) is 55.5 Å². The Morgan fingerprint density at radius 2 is 1.73 bits per heavy atom. The molecule has 0 aromatic heterocycles. The van der Waals surface area contributed by atoms with Crippen molar-refractivity contribution in [2.75, 3.05) is 13.1 Å². The summed E-state index contributed by atoms with van der Waals surface area (Å²) in [7, 11) is -3.34. The molecule has 1 saturated carbocycles. The number of benzene rings is 1. The van der Waals surface area contributed by atoms with Crippen molar-refractivity contribution in [3.63, 3.8) is 0 Å². The summed E-state index contributed by atoms with van der Waals surface area (Å²) in [6.45, 7) is 1.28. The van der Waals surface area contributed by atoms with Crippen LogP contribution in [0.25, 0.3) is 5.70 Å². The van der Waals surface area contributed by atoms with Crippen LogP contribution in [0, 0.1) is 0 Å². The van der Waals surface area contributed by atoms with E-state index in [0.29, 0.717) is 30.1 Å². The van der Waals surface area contributed by atoms with E-state index in [1.54, 1.807) is 28.2 Å². The van der Waals surface area contributed by atoms with E-state index in [2.05, 4.69) is 10.3 Å². The highest BCUT2D eigenvalue weighted by atomic mass is 32.2. The Balaban J connectivity index is 1.41. The lowest BCUT2D eigenvalue weighted by Gasteiger charge is -2.32. The molecule has 1 aromatic carbocycles. The maximum Gasteiger partial charge on any atom is 0.243 e. The molecule has 1 saturated heterocycles. The summed E-state index contributed by atoms with van der Waals surface area (Å²) in [6, 6.07) is 8.34. The number of sulfonamides is 1. The maximum absolute atomic E-state index is 12.7. The zero-order valence-corrected chi connectivity index (χ0v) is 16.3. The molecule has 3 heterocycles. The number of nitrogens with zero attached hydrogens (tertiary/aromatic N) is 3. The Morgan fingerprint density at radius 3 is 2.50 bits per heavy atom. The van der Waals surface area contributed by atoms with Gasteiger partial charge in [0.2, 0.25) is 10.0 Å². The predicted molar refractivity (Wildman–Crippen MR) is 105 cm³/mol. The van der Waals surface area contributed by atoms with Crippen molar-refractivity contribution >= 4 is 32.6 Å².